The van der Waals surface area contributed by atoms with Gasteiger partial charge in [-0.05, 0) is 32.2 Å². The van der Waals surface area contributed by atoms with Gasteiger partial charge in [-0.15, -0.1) is 10.2 Å². The summed E-state index contributed by atoms with van der Waals surface area (Å²) in [4.78, 5) is 16.2. The Morgan fingerprint density at radius 3 is 2.37 bits per heavy atom. The van der Waals surface area contributed by atoms with Crippen LogP contribution in [0.5, 0.6) is 0 Å². The van der Waals surface area contributed by atoms with Crippen molar-refractivity contribution in [3.63, 3.8) is 0 Å². The Morgan fingerprint density at radius 1 is 1.26 bits per heavy atom. The first-order valence-corrected chi connectivity index (χ1v) is 6.98. The van der Waals surface area contributed by atoms with Crippen molar-refractivity contribution in [2.24, 2.45) is 7.05 Å². The number of tetrazole rings is 1. The molecule has 106 valence electrons. The zero-order valence-electron chi connectivity index (χ0n) is 12.1. The normalized spacial score (nSPS) is 19.4. The van der Waals surface area contributed by atoms with Crippen LogP contribution in [-0.4, -0.2) is 50.5 Å². The molecule has 6 nitrogen and oxygen atoms in total. The van der Waals surface area contributed by atoms with Crippen LogP contribution < -0.4 is 0 Å². The Balaban J connectivity index is 2.15. The molecule has 1 aliphatic rings. The molecule has 2 rings (SSSR count). The molecule has 6 heteroatoms. The highest BCUT2D eigenvalue weighted by Gasteiger charge is 2.40. The first kappa shape index (κ1) is 14.1. The molecule has 0 N–H and O–H groups in total. The van der Waals surface area contributed by atoms with Crippen molar-refractivity contribution in [3.05, 3.63) is 5.82 Å². The fraction of sp³-hybridized carbons (Fsp3) is 0.846. The van der Waals surface area contributed by atoms with Crippen molar-refractivity contribution >= 4 is 5.78 Å². The van der Waals surface area contributed by atoms with Gasteiger partial charge >= 0.3 is 0 Å². The first-order valence-electron chi connectivity index (χ1n) is 6.98. The van der Waals surface area contributed by atoms with Crippen molar-refractivity contribution in [1.82, 2.24) is 25.1 Å². The molecule has 1 aliphatic carbocycles. The molecule has 0 radical (unpaired) electrons. The lowest BCUT2D eigenvalue weighted by molar-refractivity contribution is -0.130. The van der Waals surface area contributed by atoms with E-state index in [-0.39, 0.29) is 17.7 Å². The number of nitrogens with zero attached hydrogens (tertiary/aromatic N) is 5. The number of hydrogen-bond acceptors (Lipinski definition) is 5. The minimum atomic E-state index is -0.338. The summed E-state index contributed by atoms with van der Waals surface area (Å²) in [5.74, 6) is 0.755. The molecule has 0 atom stereocenters. The molecule has 1 saturated carbocycles. The minimum absolute atomic E-state index is 0.229. The van der Waals surface area contributed by atoms with E-state index in [4.69, 9.17) is 0 Å². The molecule has 1 fully saturated rings. The van der Waals surface area contributed by atoms with Crippen LogP contribution in [0.4, 0.5) is 0 Å². The van der Waals surface area contributed by atoms with Gasteiger partial charge in [-0.1, -0.05) is 25.7 Å². The molecule has 0 spiro atoms. The predicted molar refractivity (Wildman–Crippen MR) is 71.6 cm³/mol. The minimum Gasteiger partial charge on any atom is -0.297 e. The van der Waals surface area contributed by atoms with Crippen molar-refractivity contribution in [3.8, 4) is 0 Å². The molecule has 0 saturated heterocycles. The average Bonchev–Trinajstić information content (AvgIpc) is 2.65. The summed E-state index contributed by atoms with van der Waals surface area (Å²) in [5, 5.41) is 11.8. The van der Waals surface area contributed by atoms with Crippen LogP contribution in [0.1, 0.15) is 44.3 Å². The average molecular weight is 265 g/mol. The lowest BCUT2D eigenvalue weighted by Crippen LogP contribution is -2.51. The molecule has 1 aromatic rings. The van der Waals surface area contributed by atoms with E-state index in [1.807, 2.05) is 14.1 Å². The zero-order chi connectivity index (χ0) is 13.9. The number of aromatic nitrogens is 4. The smallest absolute Gasteiger partial charge is 0.182 e. The fourth-order valence-corrected chi connectivity index (χ4v) is 2.99. The molecule has 19 heavy (non-hydrogen) atoms. The van der Waals surface area contributed by atoms with E-state index >= 15 is 0 Å². The maximum atomic E-state index is 12.7. The summed E-state index contributed by atoms with van der Waals surface area (Å²) in [6, 6.07) is 0. The number of carbonyl (C=O) groups excluding carboxylic acids is 1. The van der Waals surface area contributed by atoms with Gasteiger partial charge in [0.1, 0.15) is 0 Å². The fourth-order valence-electron chi connectivity index (χ4n) is 2.99. The number of aryl methyl sites for hydroxylation is 1. The van der Waals surface area contributed by atoms with E-state index in [2.05, 4.69) is 20.3 Å². The van der Waals surface area contributed by atoms with Gasteiger partial charge in [-0.25, -0.2) is 0 Å². The Hall–Kier alpha value is -1.30. The van der Waals surface area contributed by atoms with E-state index in [1.165, 1.54) is 17.6 Å². The third kappa shape index (κ3) is 3.00. The highest BCUT2D eigenvalue weighted by molar-refractivity contribution is 5.89. The molecule has 1 aromatic heterocycles. The topological polar surface area (TPSA) is 63.9 Å². The number of likely N-dealkylation sites (N-methyl/N-ethyl adjacent to an activating group) is 1. The van der Waals surface area contributed by atoms with Crippen LogP contribution in [0.15, 0.2) is 0 Å². The maximum absolute atomic E-state index is 12.7. The van der Waals surface area contributed by atoms with Crippen LogP contribution >= 0.6 is 0 Å². The molecular weight excluding hydrogens is 242 g/mol. The monoisotopic (exact) mass is 265 g/mol. The Bertz CT molecular complexity index is 432. The summed E-state index contributed by atoms with van der Waals surface area (Å²) in [7, 11) is 5.73. The number of hydrogen-bond donors (Lipinski definition) is 0. The Morgan fingerprint density at radius 2 is 1.89 bits per heavy atom. The van der Waals surface area contributed by atoms with E-state index in [9.17, 15) is 4.79 Å². The molecule has 1 heterocycles. The second-order valence-electron chi connectivity index (χ2n) is 5.64. The van der Waals surface area contributed by atoms with Crippen LogP contribution in [-0.2, 0) is 18.3 Å². The van der Waals surface area contributed by atoms with E-state index < -0.39 is 0 Å². The van der Waals surface area contributed by atoms with Gasteiger partial charge in [0, 0.05) is 0 Å². The molecule has 0 aliphatic heterocycles. The van der Waals surface area contributed by atoms with Gasteiger partial charge in [0.2, 0.25) is 0 Å². The van der Waals surface area contributed by atoms with Crippen molar-refractivity contribution in [1.29, 1.82) is 0 Å². The molecule has 0 aromatic carbocycles. The van der Waals surface area contributed by atoms with Gasteiger partial charge in [-0.2, -0.15) is 4.80 Å². The number of rotatable bonds is 4. The largest absolute Gasteiger partial charge is 0.297 e. The molecule has 0 bridgehead atoms. The van der Waals surface area contributed by atoms with E-state index in [0.29, 0.717) is 5.82 Å². The van der Waals surface area contributed by atoms with Gasteiger partial charge < -0.3 is 0 Å². The summed E-state index contributed by atoms with van der Waals surface area (Å²) < 4.78 is 0. The summed E-state index contributed by atoms with van der Waals surface area (Å²) >= 11 is 0. The predicted octanol–water partition coefficient (Wildman–Crippen LogP) is 0.976. The van der Waals surface area contributed by atoms with Gasteiger partial charge in [-0.3, -0.25) is 9.69 Å². The second kappa shape index (κ2) is 5.77. The quantitative estimate of drug-likeness (QED) is 0.759. The van der Waals surface area contributed by atoms with Crippen LogP contribution in [0.3, 0.4) is 0 Å². The number of carbonyl (C=O) groups is 1. The summed E-state index contributed by atoms with van der Waals surface area (Å²) in [6.45, 7) is 0. The van der Waals surface area contributed by atoms with Gasteiger partial charge in [0.25, 0.3) is 0 Å². The highest BCUT2D eigenvalue weighted by atomic mass is 16.1. The molecular formula is C13H23N5O. The third-order valence-corrected chi connectivity index (χ3v) is 4.17. The van der Waals surface area contributed by atoms with Crippen molar-refractivity contribution < 1.29 is 4.79 Å². The summed E-state index contributed by atoms with van der Waals surface area (Å²) in [6.07, 6.45) is 6.87. The SMILES string of the molecule is CN(C)C1(C(=O)Cc2nnn(C)n2)CCCCCC1. The highest BCUT2D eigenvalue weighted by Crippen LogP contribution is 2.32. The van der Waals surface area contributed by atoms with Crippen LogP contribution in [0.25, 0.3) is 0 Å². The lowest BCUT2D eigenvalue weighted by Gasteiger charge is -2.37. The van der Waals surface area contributed by atoms with Gasteiger partial charge in [0.15, 0.2) is 11.6 Å². The third-order valence-electron chi connectivity index (χ3n) is 4.17. The lowest BCUT2D eigenvalue weighted by atomic mass is 9.83. The first-order chi connectivity index (χ1) is 9.04. The van der Waals surface area contributed by atoms with Gasteiger partial charge in [0.05, 0.1) is 19.0 Å². The van der Waals surface area contributed by atoms with Crippen LogP contribution in [0, 0.1) is 0 Å². The van der Waals surface area contributed by atoms with E-state index in [1.54, 1.807) is 7.05 Å². The zero-order valence-corrected chi connectivity index (χ0v) is 12.1. The van der Waals surface area contributed by atoms with Crippen molar-refractivity contribution in [2.45, 2.75) is 50.5 Å². The molecule has 0 unspecified atom stereocenters. The second-order valence-corrected chi connectivity index (χ2v) is 5.64. The summed E-state index contributed by atoms with van der Waals surface area (Å²) in [5.41, 5.74) is -0.338. The Labute approximate surface area is 114 Å². The van der Waals surface area contributed by atoms with Crippen molar-refractivity contribution in [2.75, 3.05) is 14.1 Å². The van der Waals surface area contributed by atoms with E-state index in [0.717, 1.165) is 25.7 Å². The molecule has 0 amide bonds. The number of ketones is 1. The van der Waals surface area contributed by atoms with Crippen LogP contribution in [0.2, 0.25) is 0 Å². The Kier molecular flexibility index (Phi) is 4.29. The standard InChI is InChI=1S/C13H23N5O/c1-17(2)13(8-6-4-5-7-9-13)11(19)10-12-14-16-18(3)15-12/h4-10H2,1-3H3. The maximum Gasteiger partial charge on any atom is 0.182 e. The number of Topliss-reactive ketones (excluding diaryl/α,β-unsaturated/α-hetero) is 1.